The molecule has 0 amide bonds. The molecule has 0 saturated heterocycles. The minimum absolute atomic E-state index is 0.0826. The SMILES string of the molecule is OP(Cl)c1cc(F)cc(F)c1. The van der Waals surface area contributed by atoms with Gasteiger partial charge in [0.1, 0.15) is 11.6 Å². The topological polar surface area (TPSA) is 20.2 Å². The molecule has 0 aromatic heterocycles. The molecule has 5 heteroatoms. The summed E-state index contributed by atoms with van der Waals surface area (Å²) in [5.74, 6) is -1.47. The fraction of sp³-hybridized carbons (Fsp3) is 0. The van der Waals surface area contributed by atoms with Gasteiger partial charge in [-0.1, -0.05) is 11.2 Å². The normalized spacial score (nSPS) is 13.1. The van der Waals surface area contributed by atoms with E-state index in [-0.39, 0.29) is 5.30 Å². The summed E-state index contributed by atoms with van der Waals surface area (Å²) in [6, 6.07) is 2.72. The van der Waals surface area contributed by atoms with E-state index in [1.165, 1.54) is 0 Å². The van der Waals surface area contributed by atoms with Crippen molar-refractivity contribution in [3.8, 4) is 0 Å². The maximum atomic E-state index is 12.4. The van der Waals surface area contributed by atoms with Crippen molar-refractivity contribution in [3.05, 3.63) is 29.8 Å². The lowest BCUT2D eigenvalue weighted by Crippen LogP contribution is -1.99. The summed E-state index contributed by atoms with van der Waals surface area (Å²) in [5, 5.41) is 0.0826. The quantitative estimate of drug-likeness (QED) is 0.683. The van der Waals surface area contributed by atoms with Crippen molar-refractivity contribution in [1.82, 2.24) is 0 Å². The molecule has 0 fully saturated rings. The van der Waals surface area contributed by atoms with Crippen LogP contribution in [0.5, 0.6) is 0 Å². The largest absolute Gasteiger partial charge is 0.356 e. The van der Waals surface area contributed by atoms with E-state index >= 15 is 0 Å². The lowest BCUT2D eigenvalue weighted by Gasteiger charge is -2.00. The van der Waals surface area contributed by atoms with E-state index in [2.05, 4.69) is 0 Å². The van der Waals surface area contributed by atoms with Crippen molar-refractivity contribution in [3.63, 3.8) is 0 Å². The van der Waals surface area contributed by atoms with Crippen LogP contribution in [0.2, 0.25) is 0 Å². The third kappa shape index (κ3) is 2.37. The molecule has 0 bridgehead atoms. The molecule has 0 spiro atoms. The predicted octanol–water partition coefficient (Wildman–Crippen LogP) is 2.13. The Hall–Kier alpha value is -0.240. The molecule has 1 aromatic carbocycles. The summed E-state index contributed by atoms with van der Waals surface area (Å²) in [5.41, 5.74) is 0. The fourth-order valence-electron chi connectivity index (χ4n) is 0.646. The highest BCUT2D eigenvalue weighted by atomic mass is 35.7. The molecule has 60 valence electrons. The van der Waals surface area contributed by atoms with Crippen LogP contribution in [0.1, 0.15) is 0 Å². The van der Waals surface area contributed by atoms with Gasteiger partial charge in [-0.15, -0.1) is 0 Å². The van der Waals surface area contributed by atoms with Crippen molar-refractivity contribution in [2.24, 2.45) is 0 Å². The average molecular weight is 197 g/mol. The number of rotatable bonds is 1. The predicted molar refractivity (Wildman–Crippen MR) is 41.0 cm³/mol. The van der Waals surface area contributed by atoms with Crippen molar-refractivity contribution in [2.75, 3.05) is 0 Å². The van der Waals surface area contributed by atoms with Gasteiger partial charge < -0.3 is 4.89 Å². The molecular weight excluding hydrogens is 192 g/mol. The van der Waals surface area contributed by atoms with E-state index in [0.717, 1.165) is 18.2 Å². The molecule has 0 aliphatic heterocycles. The number of hydrogen-bond acceptors (Lipinski definition) is 1. The van der Waals surface area contributed by atoms with Crippen LogP contribution in [0, 0.1) is 11.6 Å². The minimum Gasteiger partial charge on any atom is -0.356 e. The van der Waals surface area contributed by atoms with Crippen LogP contribution in [0.25, 0.3) is 0 Å². The Kier molecular flexibility index (Phi) is 2.77. The second-order valence-corrected chi connectivity index (χ2v) is 3.89. The van der Waals surface area contributed by atoms with Crippen LogP contribution < -0.4 is 5.30 Å². The minimum atomic E-state index is -1.94. The summed E-state index contributed by atoms with van der Waals surface area (Å²) in [6.45, 7) is 0. The van der Waals surface area contributed by atoms with Crippen LogP contribution in [-0.4, -0.2) is 4.89 Å². The van der Waals surface area contributed by atoms with Crippen LogP contribution in [0.4, 0.5) is 8.78 Å². The maximum Gasteiger partial charge on any atom is 0.154 e. The van der Waals surface area contributed by atoms with Gasteiger partial charge in [0.2, 0.25) is 0 Å². The van der Waals surface area contributed by atoms with Crippen LogP contribution in [0.15, 0.2) is 18.2 Å². The van der Waals surface area contributed by atoms with E-state index in [1.54, 1.807) is 0 Å². The Morgan fingerprint density at radius 2 is 1.64 bits per heavy atom. The van der Waals surface area contributed by atoms with Crippen molar-refractivity contribution in [2.45, 2.75) is 0 Å². The molecular formula is C6H4ClF2OP. The second kappa shape index (κ2) is 3.44. The third-order valence-corrected chi connectivity index (χ3v) is 2.33. The second-order valence-electron chi connectivity index (χ2n) is 1.89. The number of hydrogen-bond donors (Lipinski definition) is 1. The van der Waals surface area contributed by atoms with Crippen molar-refractivity contribution < 1.29 is 13.7 Å². The first kappa shape index (κ1) is 8.85. The van der Waals surface area contributed by atoms with E-state index < -0.39 is 19.1 Å². The molecule has 1 aromatic rings. The zero-order valence-corrected chi connectivity index (χ0v) is 6.91. The lowest BCUT2D eigenvalue weighted by molar-refractivity contribution is 0.584. The Morgan fingerprint density at radius 1 is 1.18 bits per heavy atom. The molecule has 11 heavy (non-hydrogen) atoms. The van der Waals surface area contributed by atoms with Crippen LogP contribution in [-0.2, 0) is 0 Å². The maximum absolute atomic E-state index is 12.4. The van der Waals surface area contributed by atoms with Gasteiger partial charge in [0.05, 0.1) is 0 Å². The Morgan fingerprint density at radius 3 is 2.00 bits per heavy atom. The highest BCUT2D eigenvalue weighted by Gasteiger charge is 2.06. The van der Waals surface area contributed by atoms with Gasteiger partial charge in [-0.2, -0.15) is 0 Å². The highest BCUT2D eigenvalue weighted by Crippen LogP contribution is 2.34. The summed E-state index contributed by atoms with van der Waals surface area (Å²) >= 11 is 5.23. The molecule has 0 aliphatic carbocycles. The first-order valence-corrected chi connectivity index (χ1v) is 4.90. The van der Waals surface area contributed by atoms with E-state index in [0.29, 0.717) is 0 Å². The van der Waals surface area contributed by atoms with Gasteiger partial charge in [-0.05, 0) is 12.1 Å². The Labute approximate surface area is 68.2 Å². The van der Waals surface area contributed by atoms with Crippen molar-refractivity contribution >= 4 is 24.0 Å². The van der Waals surface area contributed by atoms with Gasteiger partial charge in [-0.3, -0.25) is 0 Å². The zero-order valence-electron chi connectivity index (χ0n) is 5.26. The van der Waals surface area contributed by atoms with E-state index in [1.807, 2.05) is 0 Å². The molecule has 0 heterocycles. The summed E-state index contributed by atoms with van der Waals surface area (Å²) in [6.07, 6.45) is 0. The first-order chi connectivity index (χ1) is 5.09. The van der Waals surface area contributed by atoms with E-state index in [9.17, 15) is 8.78 Å². The van der Waals surface area contributed by atoms with Gasteiger partial charge in [0.15, 0.2) is 7.50 Å². The number of benzene rings is 1. The standard InChI is InChI=1S/C6H4ClF2OP/c7-11(10)6-2-4(8)1-5(9)3-6/h1-3,10H. The molecule has 0 radical (unpaired) electrons. The Balaban J connectivity index is 3.08. The summed E-state index contributed by atoms with van der Waals surface area (Å²) in [4.78, 5) is 8.77. The van der Waals surface area contributed by atoms with Gasteiger partial charge in [-0.25, -0.2) is 8.78 Å². The molecule has 1 unspecified atom stereocenters. The zero-order chi connectivity index (χ0) is 8.43. The molecule has 0 aliphatic rings. The molecule has 1 atom stereocenters. The van der Waals surface area contributed by atoms with E-state index in [4.69, 9.17) is 16.1 Å². The fourth-order valence-corrected chi connectivity index (χ4v) is 1.40. The smallest absolute Gasteiger partial charge is 0.154 e. The monoisotopic (exact) mass is 196 g/mol. The molecule has 0 saturated carbocycles. The molecule has 1 N–H and O–H groups in total. The molecule has 1 rings (SSSR count). The van der Waals surface area contributed by atoms with Gasteiger partial charge in [0.25, 0.3) is 0 Å². The van der Waals surface area contributed by atoms with Gasteiger partial charge >= 0.3 is 0 Å². The average Bonchev–Trinajstić information content (AvgIpc) is 1.85. The van der Waals surface area contributed by atoms with Crippen LogP contribution >= 0.6 is 18.7 Å². The summed E-state index contributed by atoms with van der Waals surface area (Å²) < 4.78 is 24.8. The highest BCUT2D eigenvalue weighted by molar-refractivity contribution is 7.85. The lowest BCUT2D eigenvalue weighted by atomic mass is 10.3. The summed E-state index contributed by atoms with van der Waals surface area (Å²) in [7, 11) is -1.94. The number of halogens is 3. The van der Waals surface area contributed by atoms with Gasteiger partial charge in [0, 0.05) is 11.4 Å². The first-order valence-electron chi connectivity index (χ1n) is 2.70. The van der Waals surface area contributed by atoms with Crippen molar-refractivity contribution in [1.29, 1.82) is 0 Å². The Bertz CT molecular complexity index is 247. The third-order valence-electron chi connectivity index (χ3n) is 1.06. The van der Waals surface area contributed by atoms with Crippen LogP contribution in [0.3, 0.4) is 0 Å². The molecule has 1 nitrogen and oxygen atoms in total.